The van der Waals surface area contributed by atoms with Crippen molar-refractivity contribution < 1.29 is 33.8 Å². The molecule has 0 spiro atoms. The van der Waals surface area contributed by atoms with Crippen LogP contribution in [0.5, 0.6) is 0 Å². The number of rotatable bonds is 5. The molecule has 33 heavy (non-hydrogen) atoms. The van der Waals surface area contributed by atoms with Crippen LogP contribution in [0.1, 0.15) is 80.6 Å². The lowest BCUT2D eigenvalue weighted by Gasteiger charge is -2.58. The summed E-state index contributed by atoms with van der Waals surface area (Å²) < 4.78 is 11.7. The first kappa shape index (κ1) is 25.2. The molecule has 0 saturated heterocycles. The molecule has 0 aromatic carbocycles. The number of carbonyl (C=O) groups excluding carboxylic acids is 4. The van der Waals surface area contributed by atoms with Gasteiger partial charge in [0.15, 0.2) is 6.10 Å². The standard InChI is InChI=1S/C26H36O7/c1-8-10-15(28)33-23-22(32-14(4)27)17-18(21(31)20(30)16(13(2)3)19(17)29)26(7)12-9-11-25(5,6)24(23)26/h13,22-24,29H,8-12H2,1-7H3/t22?,23-,24+,26-/m1/s1. The van der Waals surface area contributed by atoms with Crippen LogP contribution in [0.15, 0.2) is 22.5 Å². The predicted molar refractivity (Wildman–Crippen MR) is 121 cm³/mol. The lowest BCUT2D eigenvalue weighted by molar-refractivity contribution is -0.187. The van der Waals surface area contributed by atoms with Crippen LogP contribution in [0.4, 0.5) is 0 Å². The van der Waals surface area contributed by atoms with E-state index in [1.54, 1.807) is 13.8 Å². The number of Topliss-reactive ketones (excluding diaryl/α,β-unsaturated/α-hetero) is 2. The van der Waals surface area contributed by atoms with Crippen molar-refractivity contribution in [3.05, 3.63) is 22.5 Å². The minimum atomic E-state index is -1.17. The first-order chi connectivity index (χ1) is 15.3. The van der Waals surface area contributed by atoms with Crippen LogP contribution < -0.4 is 0 Å². The lowest BCUT2D eigenvalue weighted by Crippen LogP contribution is -2.61. The molecule has 7 nitrogen and oxygen atoms in total. The van der Waals surface area contributed by atoms with Crippen molar-refractivity contribution in [3.8, 4) is 0 Å². The molecule has 1 saturated carbocycles. The first-order valence-corrected chi connectivity index (χ1v) is 11.9. The number of ketones is 2. The maximum atomic E-state index is 13.6. The highest BCUT2D eigenvalue weighted by atomic mass is 16.6. The van der Waals surface area contributed by atoms with Gasteiger partial charge >= 0.3 is 11.9 Å². The quantitative estimate of drug-likeness (QED) is 0.368. The van der Waals surface area contributed by atoms with Crippen LogP contribution in [0.2, 0.25) is 0 Å². The molecule has 182 valence electrons. The molecule has 0 aromatic heterocycles. The van der Waals surface area contributed by atoms with Gasteiger partial charge in [0.2, 0.25) is 11.6 Å². The van der Waals surface area contributed by atoms with E-state index in [1.165, 1.54) is 6.92 Å². The Morgan fingerprint density at radius 3 is 2.27 bits per heavy atom. The number of aliphatic hydroxyl groups excluding tert-OH is 1. The smallest absolute Gasteiger partial charge is 0.306 e. The Bertz CT molecular complexity index is 952. The van der Waals surface area contributed by atoms with E-state index >= 15 is 0 Å². The second-order valence-electron chi connectivity index (χ2n) is 10.8. The van der Waals surface area contributed by atoms with Gasteiger partial charge in [-0.3, -0.25) is 19.2 Å². The van der Waals surface area contributed by atoms with Crippen LogP contribution in [0.3, 0.4) is 0 Å². The van der Waals surface area contributed by atoms with Gasteiger partial charge in [-0.05, 0) is 30.6 Å². The summed E-state index contributed by atoms with van der Waals surface area (Å²) in [6.45, 7) is 12.6. The van der Waals surface area contributed by atoms with Gasteiger partial charge in [-0.15, -0.1) is 0 Å². The molecule has 0 aromatic rings. The van der Waals surface area contributed by atoms with E-state index in [0.29, 0.717) is 12.8 Å². The zero-order valence-corrected chi connectivity index (χ0v) is 20.7. The molecular formula is C26H36O7. The summed E-state index contributed by atoms with van der Waals surface area (Å²) in [7, 11) is 0. The number of hydrogen-bond acceptors (Lipinski definition) is 7. The summed E-state index contributed by atoms with van der Waals surface area (Å²) in [4.78, 5) is 51.5. The average molecular weight is 461 g/mol. The molecule has 7 heteroatoms. The van der Waals surface area contributed by atoms with Crippen molar-refractivity contribution in [2.24, 2.45) is 22.7 Å². The Morgan fingerprint density at radius 2 is 1.73 bits per heavy atom. The van der Waals surface area contributed by atoms with Gasteiger partial charge < -0.3 is 14.6 Å². The van der Waals surface area contributed by atoms with Crippen molar-refractivity contribution in [1.29, 1.82) is 0 Å². The maximum Gasteiger partial charge on any atom is 0.306 e. The molecule has 1 N–H and O–H groups in total. The molecule has 0 amide bonds. The van der Waals surface area contributed by atoms with Gasteiger partial charge in [-0.1, -0.05) is 48.0 Å². The minimum Gasteiger partial charge on any atom is -0.507 e. The fourth-order valence-electron chi connectivity index (χ4n) is 6.47. The monoisotopic (exact) mass is 460 g/mol. The van der Waals surface area contributed by atoms with E-state index < -0.39 is 47.0 Å². The van der Waals surface area contributed by atoms with Crippen LogP contribution in [-0.4, -0.2) is 40.8 Å². The zero-order chi connectivity index (χ0) is 24.9. The molecule has 3 rings (SSSR count). The molecule has 4 atom stereocenters. The minimum absolute atomic E-state index is 0.00616. The third-order valence-corrected chi connectivity index (χ3v) is 7.58. The normalized spacial score (nSPS) is 31.3. The molecule has 3 aliphatic carbocycles. The molecular weight excluding hydrogens is 424 g/mol. The van der Waals surface area contributed by atoms with E-state index in [-0.39, 0.29) is 40.2 Å². The Labute approximate surface area is 195 Å². The Hall–Kier alpha value is -2.44. The number of ether oxygens (including phenoxy) is 2. The van der Waals surface area contributed by atoms with Gasteiger partial charge in [0.25, 0.3) is 0 Å². The molecule has 0 aliphatic heterocycles. The predicted octanol–water partition coefficient (Wildman–Crippen LogP) is 4.39. The summed E-state index contributed by atoms with van der Waals surface area (Å²) in [5.41, 5.74) is -0.854. The Morgan fingerprint density at radius 1 is 1.09 bits per heavy atom. The fourth-order valence-corrected chi connectivity index (χ4v) is 6.47. The average Bonchev–Trinajstić information content (AvgIpc) is 2.66. The van der Waals surface area contributed by atoms with Gasteiger partial charge in [-0.25, -0.2) is 0 Å². The van der Waals surface area contributed by atoms with Crippen molar-refractivity contribution in [3.63, 3.8) is 0 Å². The molecule has 0 radical (unpaired) electrons. The first-order valence-electron chi connectivity index (χ1n) is 11.9. The lowest BCUT2D eigenvalue weighted by atomic mass is 9.47. The molecule has 0 bridgehead atoms. The molecule has 1 unspecified atom stereocenters. The SMILES string of the molecule is CCCC(=O)O[C@@H]1C(OC(C)=O)C2=C(C(=O)C(=O)C(C(C)C)=C2O)[C@@]2(C)CCCC(C)(C)[C@H]12. The van der Waals surface area contributed by atoms with Gasteiger partial charge in [0.05, 0.1) is 0 Å². The van der Waals surface area contributed by atoms with Gasteiger partial charge in [-0.2, -0.15) is 0 Å². The molecule has 0 heterocycles. The molecule has 1 fully saturated rings. The van der Waals surface area contributed by atoms with E-state index in [9.17, 15) is 24.3 Å². The largest absolute Gasteiger partial charge is 0.507 e. The summed E-state index contributed by atoms with van der Waals surface area (Å²) in [6, 6.07) is 0. The van der Waals surface area contributed by atoms with E-state index in [2.05, 4.69) is 13.8 Å². The third kappa shape index (κ3) is 4.04. The fraction of sp³-hybridized carbons (Fsp3) is 0.692. The van der Waals surface area contributed by atoms with Crippen molar-refractivity contribution in [2.45, 2.75) is 92.8 Å². The number of hydrogen-bond donors (Lipinski definition) is 1. The van der Waals surface area contributed by atoms with Crippen LogP contribution in [0.25, 0.3) is 0 Å². The highest BCUT2D eigenvalue weighted by Crippen LogP contribution is 2.62. The van der Waals surface area contributed by atoms with Crippen LogP contribution >= 0.6 is 0 Å². The Balaban J connectivity index is 2.36. The topological polar surface area (TPSA) is 107 Å². The van der Waals surface area contributed by atoms with Crippen molar-refractivity contribution >= 4 is 23.5 Å². The molecule has 3 aliphatic rings. The number of allylic oxidation sites excluding steroid dienone is 2. The number of esters is 2. The number of fused-ring (bicyclic) bond motifs is 2. The highest BCUT2D eigenvalue weighted by Gasteiger charge is 2.63. The van der Waals surface area contributed by atoms with E-state index in [1.807, 2.05) is 13.8 Å². The van der Waals surface area contributed by atoms with Gasteiger partial charge in [0.1, 0.15) is 11.9 Å². The summed E-state index contributed by atoms with van der Waals surface area (Å²) in [6.07, 6.45) is 0.980. The second kappa shape index (κ2) is 8.73. The number of carbonyl (C=O) groups is 4. The maximum absolute atomic E-state index is 13.6. The Kier molecular flexibility index (Phi) is 6.66. The van der Waals surface area contributed by atoms with Crippen molar-refractivity contribution in [1.82, 2.24) is 0 Å². The summed E-state index contributed by atoms with van der Waals surface area (Å²) in [5, 5.41) is 11.3. The van der Waals surface area contributed by atoms with E-state index in [0.717, 1.165) is 12.8 Å². The van der Waals surface area contributed by atoms with Crippen LogP contribution in [-0.2, 0) is 28.7 Å². The summed E-state index contributed by atoms with van der Waals surface area (Å²) >= 11 is 0. The van der Waals surface area contributed by atoms with Gasteiger partial charge in [0, 0.05) is 41.4 Å². The summed E-state index contributed by atoms with van der Waals surface area (Å²) in [5.74, 6) is -3.53. The van der Waals surface area contributed by atoms with E-state index in [4.69, 9.17) is 9.47 Å². The van der Waals surface area contributed by atoms with Crippen LogP contribution in [0, 0.1) is 22.7 Å². The zero-order valence-electron chi connectivity index (χ0n) is 20.7. The van der Waals surface area contributed by atoms with Crippen molar-refractivity contribution in [2.75, 3.05) is 0 Å². The second-order valence-corrected chi connectivity index (χ2v) is 10.8. The number of aliphatic hydroxyl groups is 1. The highest BCUT2D eigenvalue weighted by molar-refractivity contribution is 6.50. The third-order valence-electron chi connectivity index (χ3n) is 7.58.